The minimum atomic E-state index is -0.632. The van der Waals surface area contributed by atoms with Crippen molar-refractivity contribution in [3.63, 3.8) is 0 Å². The highest BCUT2D eigenvalue weighted by Gasteiger charge is 2.04. The Balaban J connectivity index is 1.93. The SMILES string of the molecule is OCCOc1ccc(OCc2ccc(F)cc2F)cc1. The minimum Gasteiger partial charge on any atom is -0.491 e. The van der Waals surface area contributed by atoms with Crippen molar-refractivity contribution < 1.29 is 23.4 Å². The van der Waals surface area contributed by atoms with Crippen LogP contribution in [0, 0.1) is 11.6 Å². The van der Waals surface area contributed by atoms with Crippen molar-refractivity contribution in [1.82, 2.24) is 0 Å². The molecule has 20 heavy (non-hydrogen) atoms. The summed E-state index contributed by atoms with van der Waals surface area (Å²) in [5.41, 5.74) is 0.284. The highest BCUT2D eigenvalue weighted by molar-refractivity contribution is 5.31. The van der Waals surface area contributed by atoms with Gasteiger partial charge in [0.15, 0.2) is 0 Å². The van der Waals surface area contributed by atoms with E-state index >= 15 is 0 Å². The van der Waals surface area contributed by atoms with Gasteiger partial charge in [0.1, 0.15) is 36.3 Å². The topological polar surface area (TPSA) is 38.7 Å². The third kappa shape index (κ3) is 3.93. The maximum absolute atomic E-state index is 13.4. The molecule has 106 valence electrons. The molecule has 0 aliphatic heterocycles. The van der Waals surface area contributed by atoms with Crippen molar-refractivity contribution in [3.8, 4) is 11.5 Å². The maximum Gasteiger partial charge on any atom is 0.132 e. The van der Waals surface area contributed by atoms with E-state index < -0.39 is 11.6 Å². The van der Waals surface area contributed by atoms with Gasteiger partial charge in [0.05, 0.1) is 6.61 Å². The lowest BCUT2D eigenvalue weighted by Gasteiger charge is -2.08. The van der Waals surface area contributed by atoms with Gasteiger partial charge < -0.3 is 14.6 Å². The van der Waals surface area contributed by atoms with E-state index in [1.165, 1.54) is 12.1 Å². The molecule has 1 N–H and O–H groups in total. The predicted octanol–water partition coefficient (Wildman–Crippen LogP) is 2.91. The van der Waals surface area contributed by atoms with Crippen molar-refractivity contribution in [2.24, 2.45) is 0 Å². The number of aliphatic hydroxyl groups is 1. The lowest BCUT2D eigenvalue weighted by molar-refractivity contribution is 0.201. The van der Waals surface area contributed by atoms with E-state index in [0.29, 0.717) is 11.5 Å². The zero-order valence-electron chi connectivity index (χ0n) is 10.7. The molecule has 0 unspecified atom stereocenters. The van der Waals surface area contributed by atoms with Crippen LogP contribution in [0.2, 0.25) is 0 Å². The van der Waals surface area contributed by atoms with Crippen LogP contribution in [-0.4, -0.2) is 18.3 Å². The van der Waals surface area contributed by atoms with E-state index in [4.69, 9.17) is 14.6 Å². The quantitative estimate of drug-likeness (QED) is 0.884. The van der Waals surface area contributed by atoms with Crippen molar-refractivity contribution in [1.29, 1.82) is 0 Å². The fourth-order valence-corrected chi connectivity index (χ4v) is 1.60. The summed E-state index contributed by atoms with van der Waals surface area (Å²) in [5, 5.41) is 8.63. The van der Waals surface area contributed by atoms with Gasteiger partial charge in [-0.15, -0.1) is 0 Å². The largest absolute Gasteiger partial charge is 0.491 e. The fraction of sp³-hybridized carbons (Fsp3) is 0.200. The molecule has 0 aromatic heterocycles. The molecule has 0 bridgehead atoms. The van der Waals surface area contributed by atoms with Gasteiger partial charge in [-0.2, -0.15) is 0 Å². The zero-order chi connectivity index (χ0) is 14.4. The van der Waals surface area contributed by atoms with Crippen molar-refractivity contribution >= 4 is 0 Å². The molecular weight excluding hydrogens is 266 g/mol. The molecule has 0 atom stereocenters. The van der Waals surface area contributed by atoms with Crippen LogP contribution < -0.4 is 9.47 Å². The number of hydrogen-bond acceptors (Lipinski definition) is 3. The van der Waals surface area contributed by atoms with Gasteiger partial charge in [0.25, 0.3) is 0 Å². The molecule has 0 spiro atoms. The number of ether oxygens (including phenoxy) is 2. The van der Waals surface area contributed by atoms with Crippen LogP contribution in [0.3, 0.4) is 0 Å². The molecule has 2 rings (SSSR count). The van der Waals surface area contributed by atoms with Gasteiger partial charge in [0, 0.05) is 11.6 Å². The maximum atomic E-state index is 13.4. The van der Waals surface area contributed by atoms with E-state index in [2.05, 4.69) is 0 Å². The molecule has 2 aromatic carbocycles. The van der Waals surface area contributed by atoms with Crippen LogP contribution in [0.4, 0.5) is 8.78 Å². The normalized spacial score (nSPS) is 10.3. The summed E-state index contributed by atoms with van der Waals surface area (Å²) >= 11 is 0. The van der Waals surface area contributed by atoms with E-state index in [1.807, 2.05) is 0 Å². The first kappa shape index (κ1) is 14.3. The number of benzene rings is 2. The zero-order valence-corrected chi connectivity index (χ0v) is 10.7. The summed E-state index contributed by atoms with van der Waals surface area (Å²) in [6, 6.07) is 10.1. The second-order valence-corrected chi connectivity index (χ2v) is 4.07. The summed E-state index contributed by atoms with van der Waals surface area (Å²) in [7, 11) is 0. The third-order valence-electron chi connectivity index (χ3n) is 2.59. The van der Waals surface area contributed by atoms with E-state index in [1.54, 1.807) is 24.3 Å². The molecule has 0 aliphatic carbocycles. The highest BCUT2D eigenvalue weighted by atomic mass is 19.1. The molecule has 0 saturated heterocycles. The number of aliphatic hydroxyl groups excluding tert-OH is 1. The lowest BCUT2D eigenvalue weighted by atomic mass is 10.2. The Morgan fingerprint density at radius 3 is 2.15 bits per heavy atom. The van der Waals surface area contributed by atoms with Crippen LogP contribution in [0.15, 0.2) is 42.5 Å². The van der Waals surface area contributed by atoms with E-state index in [9.17, 15) is 8.78 Å². The summed E-state index contributed by atoms with van der Waals surface area (Å²) in [5.74, 6) is -0.0889. The van der Waals surface area contributed by atoms with Gasteiger partial charge in [-0.3, -0.25) is 0 Å². The Morgan fingerprint density at radius 2 is 1.55 bits per heavy atom. The van der Waals surface area contributed by atoms with E-state index in [0.717, 1.165) is 6.07 Å². The fourth-order valence-electron chi connectivity index (χ4n) is 1.60. The van der Waals surface area contributed by atoms with Gasteiger partial charge in [0.2, 0.25) is 0 Å². The summed E-state index contributed by atoms with van der Waals surface area (Å²) < 4.78 is 36.7. The second-order valence-electron chi connectivity index (χ2n) is 4.07. The van der Waals surface area contributed by atoms with Crippen LogP contribution in [0.1, 0.15) is 5.56 Å². The van der Waals surface area contributed by atoms with E-state index in [-0.39, 0.29) is 25.4 Å². The predicted molar refractivity (Wildman–Crippen MR) is 69.7 cm³/mol. The monoisotopic (exact) mass is 280 g/mol. The Morgan fingerprint density at radius 1 is 0.900 bits per heavy atom. The molecule has 2 aromatic rings. The molecule has 0 saturated carbocycles. The molecule has 5 heteroatoms. The Kier molecular flexibility index (Phi) is 4.90. The average Bonchev–Trinajstić information content (AvgIpc) is 2.45. The molecule has 0 fully saturated rings. The van der Waals surface area contributed by atoms with Crippen LogP contribution in [-0.2, 0) is 6.61 Å². The first-order chi connectivity index (χ1) is 9.69. The van der Waals surface area contributed by atoms with Crippen molar-refractivity contribution in [3.05, 3.63) is 59.7 Å². The summed E-state index contributed by atoms with van der Waals surface area (Å²) in [6.45, 7) is 0.187. The minimum absolute atomic E-state index is 0.0168. The smallest absolute Gasteiger partial charge is 0.132 e. The summed E-state index contributed by atoms with van der Waals surface area (Å²) in [4.78, 5) is 0. The third-order valence-corrected chi connectivity index (χ3v) is 2.59. The number of rotatable bonds is 6. The van der Waals surface area contributed by atoms with Crippen molar-refractivity contribution in [2.45, 2.75) is 6.61 Å². The molecule has 3 nitrogen and oxygen atoms in total. The van der Waals surface area contributed by atoms with Gasteiger partial charge >= 0.3 is 0 Å². The standard InChI is InChI=1S/C15H14F2O3/c16-12-2-1-11(15(17)9-12)10-20-14-5-3-13(4-6-14)19-8-7-18/h1-6,9,18H,7-8,10H2. The first-order valence-corrected chi connectivity index (χ1v) is 6.09. The Bertz CT molecular complexity index is 556. The molecule has 0 radical (unpaired) electrons. The van der Waals surface area contributed by atoms with Crippen LogP contribution in [0.25, 0.3) is 0 Å². The average molecular weight is 280 g/mol. The highest BCUT2D eigenvalue weighted by Crippen LogP contribution is 2.19. The molecular formula is C15H14F2O3. The van der Waals surface area contributed by atoms with Gasteiger partial charge in [-0.05, 0) is 36.4 Å². The molecule has 0 amide bonds. The molecule has 0 heterocycles. The second kappa shape index (κ2) is 6.86. The Hall–Kier alpha value is -2.14. The number of halogens is 2. The molecule has 0 aliphatic rings. The lowest BCUT2D eigenvalue weighted by Crippen LogP contribution is -2.02. The van der Waals surface area contributed by atoms with Gasteiger partial charge in [-0.25, -0.2) is 8.78 Å². The van der Waals surface area contributed by atoms with Crippen LogP contribution >= 0.6 is 0 Å². The Labute approximate surface area is 115 Å². The van der Waals surface area contributed by atoms with Crippen molar-refractivity contribution in [2.75, 3.05) is 13.2 Å². The van der Waals surface area contributed by atoms with Crippen LogP contribution in [0.5, 0.6) is 11.5 Å². The summed E-state index contributed by atoms with van der Waals surface area (Å²) in [6.07, 6.45) is 0. The van der Waals surface area contributed by atoms with Gasteiger partial charge in [-0.1, -0.05) is 0 Å². The first-order valence-electron chi connectivity index (χ1n) is 6.09. The number of hydrogen-bond donors (Lipinski definition) is 1.